The molecule has 0 unspecified atom stereocenters. The molecule has 0 radical (unpaired) electrons. The number of nitrogens with one attached hydrogen (secondary N) is 2. The Bertz CT molecular complexity index is 926. The molecule has 3 amide bonds. The number of rotatable bonds is 7. The quantitative estimate of drug-likeness (QED) is 0.691. The Morgan fingerprint density at radius 1 is 1.03 bits per heavy atom. The van der Waals surface area contributed by atoms with Crippen LogP contribution in [0.2, 0.25) is 5.02 Å². The Hall–Kier alpha value is -3.08. The normalized spacial score (nSPS) is 15.4. The highest BCUT2D eigenvalue weighted by molar-refractivity contribution is 6.30. The van der Waals surface area contributed by atoms with E-state index in [1.165, 1.54) is 0 Å². The van der Waals surface area contributed by atoms with Crippen LogP contribution in [0, 0.1) is 11.3 Å². The molecule has 2 aromatic rings. The summed E-state index contributed by atoms with van der Waals surface area (Å²) in [5, 5.41) is 15.7. The molecule has 1 aliphatic heterocycles. The van der Waals surface area contributed by atoms with Crippen LogP contribution in [-0.2, 0) is 22.4 Å². The number of hydrogen-bond acceptors (Lipinski definition) is 4. The summed E-state index contributed by atoms with van der Waals surface area (Å²) in [7, 11) is 0. The van der Waals surface area contributed by atoms with Gasteiger partial charge in [0, 0.05) is 31.0 Å². The predicted molar refractivity (Wildman–Crippen MR) is 118 cm³/mol. The van der Waals surface area contributed by atoms with Crippen molar-refractivity contribution in [1.82, 2.24) is 15.5 Å². The standard InChI is InChI=1S/C23H25ClN4O3/c24-19-8-4-7-18(13-19)14-20(16-25)26-22(29)21(15-17-5-2-1-3-6-17)27-23(30)28-9-11-31-12-10-28/h1-8,13,20-21H,9-12,14-15H2,(H,26,29)(H,27,30)/t20-,21-/m0/s1. The second-order valence-electron chi connectivity index (χ2n) is 7.32. The van der Waals surface area contributed by atoms with Crippen molar-refractivity contribution in [2.45, 2.75) is 24.9 Å². The molecule has 7 nitrogen and oxygen atoms in total. The number of benzene rings is 2. The molecule has 1 saturated heterocycles. The van der Waals surface area contributed by atoms with E-state index in [1.54, 1.807) is 23.1 Å². The molecule has 2 N–H and O–H groups in total. The first-order chi connectivity index (χ1) is 15.0. The molecule has 2 aromatic carbocycles. The van der Waals surface area contributed by atoms with E-state index < -0.39 is 18.0 Å². The lowest BCUT2D eigenvalue weighted by atomic mass is 10.0. The number of carbonyl (C=O) groups is 2. The third-order valence-corrected chi connectivity index (χ3v) is 5.23. The summed E-state index contributed by atoms with van der Waals surface area (Å²) in [6.07, 6.45) is 0.635. The third-order valence-electron chi connectivity index (χ3n) is 5.00. The van der Waals surface area contributed by atoms with Gasteiger partial charge in [-0.05, 0) is 23.3 Å². The highest BCUT2D eigenvalue weighted by Crippen LogP contribution is 2.13. The van der Waals surface area contributed by atoms with Crippen LogP contribution < -0.4 is 10.6 Å². The van der Waals surface area contributed by atoms with Gasteiger partial charge in [-0.2, -0.15) is 5.26 Å². The molecule has 1 fully saturated rings. The molecule has 3 rings (SSSR count). The molecular formula is C23H25ClN4O3. The largest absolute Gasteiger partial charge is 0.378 e. The highest BCUT2D eigenvalue weighted by Gasteiger charge is 2.26. The van der Waals surface area contributed by atoms with Gasteiger partial charge < -0.3 is 20.3 Å². The fraction of sp³-hybridized carbons (Fsp3) is 0.348. The van der Waals surface area contributed by atoms with Gasteiger partial charge in [-0.15, -0.1) is 0 Å². The third kappa shape index (κ3) is 6.99. The Morgan fingerprint density at radius 2 is 1.74 bits per heavy atom. The monoisotopic (exact) mass is 440 g/mol. The molecule has 0 bridgehead atoms. The van der Waals surface area contributed by atoms with Crippen molar-refractivity contribution < 1.29 is 14.3 Å². The Labute approximate surface area is 186 Å². The van der Waals surface area contributed by atoms with Gasteiger partial charge in [-0.25, -0.2) is 4.79 Å². The second kappa shape index (κ2) is 11.3. The minimum atomic E-state index is -0.812. The van der Waals surface area contributed by atoms with Crippen molar-refractivity contribution in [1.29, 1.82) is 5.26 Å². The number of ether oxygens (including phenoxy) is 1. The van der Waals surface area contributed by atoms with Crippen molar-refractivity contribution >= 4 is 23.5 Å². The fourth-order valence-electron chi connectivity index (χ4n) is 3.37. The van der Waals surface area contributed by atoms with Gasteiger partial charge in [-0.3, -0.25) is 4.79 Å². The van der Waals surface area contributed by atoms with E-state index in [0.717, 1.165) is 11.1 Å². The van der Waals surface area contributed by atoms with E-state index in [-0.39, 0.29) is 6.03 Å². The molecule has 0 aliphatic carbocycles. The maximum absolute atomic E-state index is 13.0. The molecule has 1 heterocycles. The first-order valence-corrected chi connectivity index (χ1v) is 10.5. The smallest absolute Gasteiger partial charge is 0.318 e. The van der Waals surface area contributed by atoms with Crippen molar-refractivity contribution in [2.75, 3.05) is 26.3 Å². The summed E-state index contributed by atoms with van der Waals surface area (Å²) < 4.78 is 5.28. The first kappa shape index (κ1) is 22.6. The van der Waals surface area contributed by atoms with Gasteiger partial charge in [0.15, 0.2) is 0 Å². The highest BCUT2D eigenvalue weighted by atomic mass is 35.5. The van der Waals surface area contributed by atoms with E-state index in [4.69, 9.17) is 16.3 Å². The molecule has 162 valence electrons. The van der Waals surface area contributed by atoms with Crippen LogP contribution in [0.1, 0.15) is 11.1 Å². The Balaban J connectivity index is 1.69. The number of halogens is 1. The summed E-state index contributed by atoms with van der Waals surface area (Å²) in [6.45, 7) is 1.89. The number of hydrogen-bond donors (Lipinski definition) is 2. The van der Waals surface area contributed by atoms with Crippen LogP contribution in [0.25, 0.3) is 0 Å². The molecule has 0 aromatic heterocycles. The second-order valence-corrected chi connectivity index (χ2v) is 7.75. The van der Waals surface area contributed by atoms with E-state index in [2.05, 4.69) is 16.7 Å². The van der Waals surface area contributed by atoms with Crippen LogP contribution in [0.15, 0.2) is 54.6 Å². The molecule has 31 heavy (non-hydrogen) atoms. The summed E-state index contributed by atoms with van der Waals surface area (Å²) in [5.41, 5.74) is 1.75. The van der Waals surface area contributed by atoms with Gasteiger partial charge in [0.1, 0.15) is 12.1 Å². The fourth-order valence-corrected chi connectivity index (χ4v) is 3.58. The van der Waals surface area contributed by atoms with E-state index >= 15 is 0 Å². The van der Waals surface area contributed by atoms with E-state index in [9.17, 15) is 14.9 Å². The summed E-state index contributed by atoms with van der Waals surface area (Å²) in [5.74, 6) is -0.404. The summed E-state index contributed by atoms with van der Waals surface area (Å²) in [4.78, 5) is 27.4. The first-order valence-electron chi connectivity index (χ1n) is 10.2. The van der Waals surface area contributed by atoms with Gasteiger partial charge in [0.05, 0.1) is 19.3 Å². The van der Waals surface area contributed by atoms with Gasteiger partial charge >= 0.3 is 6.03 Å². The van der Waals surface area contributed by atoms with Gasteiger partial charge in [0.25, 0.3) is 0 Å². The van der Waals surface area contributed by atoms with Crippen LogP contribution in [0.5, 0.6) is 0 Å². The molecular weight excluding hydrogens is 416 g/mol. The lowest BCUT2D eigenvalue weighted by Crippen LogP contribution is -2.55. The molecule has 1 aliphatic rings. The minimum Gasteiger partial charge on any atom is -0.378 e. The SMILES string of the molecule is N#C[C@H](Cc1cccc(Cl)c1)NC(=O)[C@H](Cc1ccccc1)NC(=O)N1CCOCC1. The lowest BCUT2D eigenvalue weighted by molar-refractivity contribution is -0.123. The molecule has 8 heteroatoms. The zero-order chi connectivity index (χ0) is 22.1. The molecule has 0 spiro atoms. The zero-order valence-electron chi connectivity index (χ0n) is 17.1. The van der Waals surface area contributed by atoms with Gasteiger partial charge in [-0.1, -0.05) is 54.1 Å². The number of urea groups is 1. The average molecular weight is 441 g/mol. The van der Waals surface area contributed by atoms with Crippen LogP contribution in [0.4, 0.5) is 4.79 Å². The zero-order valence-corrected chi connectivity index (χ0v) is 17.8. The Morgan fingerprint density at radius 3 is 2.42 bits per heavy atom. The van der Waals surface area contributed by atoms with Crippen molar-refractivity contribution in [3.05, 3.63) is 70.7 Å². The summed E-state index contributed by atoms with van der Waals surface area (Å²) >= 11 is 6.02. The lowest BCUT2D eigenvalue weighted by Gasteiger charge is -2.29. The molecule has 2 atom stereocenters. The Kier molecular flexibility index (Phi) is 8.27. The number of morpholine rings is 1. The number of amides is 3. The minimum absolute atomic E-state index is 0.317. The van der Waals surface area contributed by atoms with Gasteiger partial charge in [0.2, 0.25) is 5.91 Å². The number of nitriles is 1. The average Bonchev–Trinajstić information content (AvgIpc) is 2.79. The molecule has 0 saturated carbocycles. The van der Waals surface area contributed by atoms with E-state index in [1.807, 2.05) is 36.4 Å². The topological polar surface area (TPSA) is 94.5 Å². The van der Waals surface area contributed by atoms with Crippen LogP contribution in [0.3, 0.4) is 0 Å². The van der Waals surface area contributed by atoms with Crippen molar-refractivity contribution in [3.63, 3.8) is 0 Å². The van der Waals surface area contributed by atoms with Crippen LogP contribution >= 0.6 is 11.6 Å². The number of nitrogens with zero attached hydrogens (tertiary/aromatic N) is 2. The predicted octanol–water partition coefficient (Wildman–Crippen LogP) is 2.54. The van der Waals surface area contributed by atoms with Crippen molar-refractivity contribution in [3.8, 4) is 6.07 Å². The number of carbonyl (C=O) groups excluding carboxylic acids is 2. The van der Waals surface area contributed by atoms with E-state index in [0.29, 0.717) is 44.2 Å². The summed E-state index contributed by atoms with van der Waals surface area (Å²) in [6, 6.07) is 16.9. The maximum atomic E-state index is 13.0. The van der Waals surface area contributed by atoms with Crippen molar-refractivity contribution in [2.24, 2.45) is 0 Å². The maximum Gasteiger partial charge on any atom is 0.318 e. The van der Waals surface area contributed by atoms with Crippen LogP contribution in [-0.4, -0.2) is 55.2 Å².